The third-order valence-corrected chi connectivity index (χ3v) is 0. The molecule has 0 aliphatic heterocycles. The van der Waals surface area contributed by atoms with Gasteiger partial charge in [0.15, 0.2) is 0 Å². The van der Waals surface area contributed by atoms with Crippen molar-refractivity contribution in [1.82, 2.24) is 0 Å². The lowest BCUT2D eigenvalue weighted by atomic mass is 11.0. The van der Waals surface area contributed by atoms with Crippen LogP contribution in [0.1, 0.15) is 111 Å². The van der Waals surface area contributed by atoms with Crippen LogP contribution in [0.2, 0.25) is 0 Å². The summed E-state index contributed by atoms with van der Waals surface area (Å²) in [5.41, 5.74) is 0. The maximum absolute atomic E-state index is 9.82. The van der Waals surface area contributed by atoms with E-state index < -0.39 is 0 Å². The van der Waals surface area contributed by atoms with E-state index in [4.69, 9.17) is 0 Å². The maximum atomic E-state index is 9.82. The Morgan fingerprint density at radius 3 is 0.429 bits per heavy atom. The second kappa shape index (κ2) is 37400. The van der Waals surface area contributed by atoms with Gasteiger partial charge in [0.2, 0.25) is 0 Å². The minimum atomic E-state index is 0.500. The van der Waals surface area contributed by atoms with E-state index in [9.17, 15) is 8.78 Å². The second-order valence-electron chi connectivity index (χ2n) is 0.109. The molecule has 0 aromatic heterocycles. The Kier molecular flexibility index (Phi) is 126000. The number of hydrogen-bond acceptors (Lipinski definition) is 0. The fourth-order valence-corrected chi connectivity index (χ4v) is 0. The summed E-state index contributed by atoms with van der Waals surface area (Å²) in [6.07, 6.45) is 4.68. The third kappa shape index (κ3) is 17500. The Bertz CT molecular complexity index is 31.0. The van der Waals surface area contributed by atoms with E-state index in [-0.39, 0.29) is 0 Å². The molecule has 0 radical (unpaired) electrons. The van der Waals surface area contributed by atoms with Gasteiger partial charge in [-0.3, -0.25) is 4.39 Å². The van der Waals surface area contributed by atoms with Crippen molar-refractivity contribution in [3.8, 4) is 12.6 Å². The molecule has 0 amide bonds. The molecular weight excluding hydrogens is 266 g/mol. The molecule has 0 heterocycles. The highest BCUT2D eigenvalue weighted by molar-refractivity contribution is 4.63. The first-order valence-electron chi connectivity index (χ1n) is 8.86. The monoisotopic (exact) mass is 318 g/mol. The summed E-state index contributed by atoms with van der Waals surface area (Å²) in [5.74, 6) is 0. The standard InChI is InChI=1S/C2HF.8C2H6.CH3F/c1-2-3;9*1-2/h1H;8*1-2H3;1H3. The largest absolute Gasteiger partial charge is 0.255 e. The molecule has 0 aliphatic rings. The Hall–Kier alpha value is -0.580. The molecule has 0 aromatic rings. The Labute approximate surface area is 140 Å². The van der Waals surface area contributed by atoms with Crippen LogP contribution in [0.4, 0.5) is 8.78 Å². The van der Waals surface area contributed by atoms with Crippen LogP contribution in [0.3, 0.4) is 0 Å². The predicted octanol–water partition coefficient (Wildman–Crippen LogP) is 9.34. The molecule has 0 aliphatic carbocycles. The highest BCUT2D eigenvalue weighted by Gasteiger charge is 1.15. The van der Waals surface area contributed by atoms with Crippen molar-refractivity contribution in [3.63, 3.8) is 0 Å². The van der Waals surface area contributed by atoms with Crippen LogP contribution in [0, 0.1) is 12.6 Å². The van der Waals surface area contributed by atoms with E-state index in [2.05, 4.69) is 6.42 Å². The highest BCUT2D eigenvalue weighted by Crippen LogP contribution is 1.34. The van der Waals surface area contributed by atoms with Crippen molar-refractivity contribution in [2.45, 2.75) is 111 Å². The molecule has 0 fully saturated rings. The number of terminal acetylenes is 1. The molecule has 21 heavy (non-hydrogen) atoms. The van der Waals surface area contributed by atoms with Crippen molar-refractivity contribution < 1.29 is 8.78 Å². The molecule has 0 atom stereocenters. The number of hydrogen-bond donors (Lipinski definition) is 0. The van der Waals surface area contributed by atoms with Gasteiger partial charge < -0.3 is 0 Å². The molecule has 0 N–H and O–H groups in total. The van der Waals surface area contributed by atoms with Crippen molar-refractivity contribution in [1.29, 1.82) is 0 Å². The van der Waals surface area contributed by atoms with Crippen LogP contribution < -0.4 is 0 Å². The summed E-state index contributed by atoms with van der Waals surface area (Å²) in [6, 6.07) is 0. The number of rotatable bonds is 0. The van der Waals surface area contributed by atoms with Gasteiger partial charge in [0.25, 0.3) is 0 Å². The molecule has 0 spiro atoms. The summed E-state index contributed by atoms with van der Waals surface area (Å²) < 4.78 is 19.3. The Morgan fingerprint density at radius 1 is 0.429 bits per heavy atom. The van der Waals surface area contributed by atoms with Gasteiger partial charge in [-0.05, 0) is 0 Å². The van der Waals surface area contributed by atoms with Crippen LogP contribution >= 0.6 is 0 Å². The smallest absolute Gasteiger partial charge is 0.102 e. The molecule has 0 bridgehead atoms. The minimum absolute atomic E-state index is 0.500. The van der Waals surface area contributed by atoms with Gasteiger partial charge in [0, 0.05) is 0 Å². The van der Waals surface area contributed by atoms with Crippen LogP contribution in [0.15, 0.2) is 0 Å². The SMILES string of the molecule is C#CF.CC.CC.CC.CC.CC.CC.CC.CC.CF. The van der Waals surface area contributed by atoms with Crippen LogP contribution in [-0.4, -0.2) is 7.18 Å². The molecular formula is C19H52F2. The van der Waals surface area contributed by atoms with Crippen molar-refractivity contribution in [3.05, 3.63) is 0 Å². The molecule has 0 aromatic carbocycles. The van der Waals surface area contributed by atoms with Gasteiger partial charge in [-0.25, -0.2) is 0 Å². The number of halogens is 2. The number of alkyl halides is 1. The molecule has 142 valence electrons. The maximum Gasteiger partial charge on any atom is 0.102 e. The molecule has 2 heteroatoms. The van der Waals surface area contributed by atoms with E-state index in [1.807, 2.05) is 111 Å². The van der Waals surface area contributed by atoms with E-state index in [1.165, 1.54) is 0 Å². The van der Waals surface area contributed by atoms with Crippen LogP contribution in [-0.2, 0) is 0 Å². The van der Waals surface area contributed by atoms with Crippen molar-refractivity contribution >= 4 is 0 Å². The summed E-state index contributed by atoms with van der Waals surface area (Å²) in [6.45, 7) is 32.0. The summed E-state index contributed by atoms with van der Waals surface area (Å²) in [7, 11) is 0.500. The average Bonchev–Trinajstić information content (AvgIpc) is 2.70. The molecule has 0 saturated carbocycles. The highest BCUT2D eigenvalue weighted by atomic mass is 19.1. The van der Waals surface area contributed by atoms with Crippen LogP contribution in [0.5, 0.6) is 0 Å². The Balaban J connectivity index is -0.00000000804. The van der Waals surface area contributed by atoms with Gasteiger partial charge in [0.1, 0.15) is 6.17 Å². The summed E-state index contributed by atoms with van der Waals surface area (Å²) in [4.78, 5) is 0. The zero-order chi connectivity index (χ0) is 20.7. The Morgan fingerprint density at radius 2 is 0.429 bits per heavy atom. The zero-order valence-corrected chi connectivity index (χ0v) is 18.8. The average molecular weight is 319 g/mol. The van der Waals surface area contributed by atoms with Crippen LogP contribution in [0.25, 0.3) is 0 Å². The minimum Gasteiger partial charge on any atom is -0.255 e. The van der Waals surface area contributed by atoms with Gasteiger partial charge in [-0.15, -0.1) is 4.39 Å². The van der Waals surface area contributed by atoms with Gasteiger partial charge in [-0.1, -0.05) is 117 Å². The normalized spacial score (nSPS) is 2.95. The fraction of sp³-hybridized carbons (Fsp3) is 0.895. The summed E-state index contributed by atoms with van der Waals surface area (Å²) >= 11 is 0. The molecule has 0 unspecified atom stereocenters. The second-order valence-corrected chi connectivity index (χ2v) is 0.109. The van der Waals surface area contributed by atoms with E-state index in [0.29, 0.717) is 7.18 Å². The summed E-state index contributed by atoms with van der Waals surface area (Å²) in [5, 5.41) is 0. The first-order chi connectivity index (χ1) is 10.4. The van der Waals surface area contributed by atoms with Crippen molar-refractivity contribution in [2.75, 3.05) is 7.18 Å². The molecule has 0 saturated heterocycles. The zero-order valence-electron chi connectivity index (χ0n) is 18.8. The van der Waals surface area contributed by atoms with E-state index in [0.717, 1.165) is 6.17 Å². The van der Waals surface area contributed by atoms with Gasteiger partial charge >= 0.3 is 0 Å². The third-order valence-electron chi connectivity index (χ3n) is 0. The van der Waals surface area contributed by atoms with E-state index in [1.54, 1.807) is 0 Å². The fourth-order valence-electron chi connectivity index (χ4n) is 0. The van der Waals surface area contributed by atoms with Gasteiger partial charge in [-0.2, -0.15) is 0 Å². The van der Waals surface area contributed by atoms with Gasteiger partial charge in [0.05, 0.1) is 7.18 Å². The van der Waals surface area contributed by atoms with E-state index >= 15 is 0 Å². The lowest BCUT2D eigenvalue weighted by Gasteiger charge is -1.17. The predicted molar refractivity (Wildman–Crippen MR) is 108 cm³/mol. The lowest BCUT2D eigenvalue weighted by Crippen LogP contribution is -1.02. The quantitative estimate of drug-likeness (QED) is 0.390. The topological polar surface area (TPSA) is 0 Å². The first kappa shape index (κ1) is 70.9. The first-order valence-corrected chi connectivity index (χ1v) is 8.86. The lowest BCUT2D eigenvalue weighted by molar-refractivity contribution is 0.636. The molecule has 0 nitrogen and oxygen atoms in total. The van der Waals surface area contributed by atoms with Crippen molar-refractivity contribution in [2.24, 2.45) is 0 Å². The molecule has 0 rings (SSSR count).